The van der Waals surface area contributed by atoms with Crippen LogP contribution in [0, 0.1) is 0 Å². The molecule has 5 nitrogen and oxygen atoms in total. The summed E-state index contributed by atoms with van der Waals surface area (Å²) in [4.78, 5) is 16.2. The van der Waals surface area contributed by atoms with Gasteiger partial charge in [-0.25, -0.2) is 4.98 Å². The average Bonchev–Trinajstić information content (AvgIpc) is 2.41. The van der Waals surface area contributed by atoms with E-state index in [2.05, 4.69) is 10.3 Å². The fourth-order valence-electron chi connectivity index (χ4n) is 1.78. The van der Waals surface area contributed by atoms with Crippen molar-refractivity contribution in [1.29, 1.82) is 0 Å². The number of nitrogens with zero attached hydrogens (tertiary/aromatic N) is 2. The number of hydrogen-bond acceptors (Lipinski definition) is 4. The molecule has 0 aliphatic carbocycles. The third-order valence-corrected chi connectivity index (χ3v) is 2.88. The van der Waals surface area contributed by atoms with Crippen molar-refractivity contribution >= 4 is 11.5 Å². The van der Waals surface area contributed by atoms with Gasteiger partial charge in [0.05, 0.1) is 0 Å². The van der Waals surface area contributed by atoms with E-state index in [9.17, 15) is 4.79 Å². The van der Waals surface area contributed by atoms with E-state index in [0.717, 1.165) is 11.3 Å². The second-order valence-corrected chi connectivity index (χ2v) is 4.61. The van der Waals surface area contributed by atoms with Gasteiger partial charge in [0.15, 0.2) is 5.82 Å². The van der Waals surface area contributed by atoms with Crippen molar-refractivity contribution in [3.8, 4) is 0 Å². The van der Waals surface area contributed by atoms with Crippen LogP contribution in [0.1, 0.15) is 25.5 Å². The first-order chi connectivity index (χ1) is 9.11. The zero-order valence-corrected chi connectivity index (χ0v) is 11.1. The number of hydrogen-bond donors (Lipinski definition) is 2. The van der Waals surface area contributed by atoms with Crippen LogP contribution in [0.15, 0.2) is 41.5 Å². The Kier molecular flexibility index (Phi) is 3.97. The molecule has 0 spiro atoms. The number of benzene rings is 1. The Hall–Kier alpha value is -2.14. The Morgan fingerprint density at radius 2 is 2.00 bits per heavy atom. The van der Waals surface area contributed by atoms with E-state index in [1.54, 1.807) is 17.0 Å². The van der Waals surface area contributed by atoms with Crippen LogP contribution in [-0.4, -0.2) is 9.55 Å². The lowest BCUT2D eigenvalue weighted by Gasteiger charge is -2.11. The number of rotatable bonds is 4. The Morgan fingerprint density at radius 1 is 1.32 bits per heavy atom. The first-order valence-electron chi connectivity index (χ1n) is 6.25. The van der Waals surface area contributed by atoms with Crippen molar-refractivity contribution in [3.63, 3.8) is 0 Å². The van der Waals surface area contributed by atoms with Gasteiger partial charge in [-0.15, -0.1) is 0 Å². The maximum Gasteiger partial charge on any atom is 0.293 e. The van der Waals surface area contributed by atoms with Gasteiger partial charge in [0.2, 0.25) is 0 Å². The molecular weight excluding hydrogens is 240 g/mol. The van der Waals surface area contributed by atoms with Gasteiger partial charge >= 0.3 is 0 Å². The lowest BCUT2D eigenvalue weighted by Crippen LogP contribution is -2.24. The van der Waals surface area contributed by atoms with E-state index < -0.39 is 0 Å². The lowest BCUT2D eigenvalue weighted by atomic mass is 10.2. The third-order valence-electron chi connectivity index (χ3n) is 2.88. The van der Waals surface area contributed by atoms with Gasteiger partial charge < -0.3 is 15.6 Å². The van der Waals surface area contributed by atoms with Crippen molar-refractivity contribution in [1.82, 2.24) is 9.55 Å². The average molecular weight is 258 g/mol. The predicted octanol–water partition coefficient (Wildman–Crippen LogP) is 2.03. The standard InChI is InChI=1S/C14H18N4O/c1-10(2)18-8-7-16-13(14(18)19)17-12-5-3-11(9-15)4-6-12/h3-8,10H,9,15H2,1-2H3,(H,16,17). The summed E-state index contributed by atoms with van der Waals surface area (Å²) in [5.41, 5.74) is 7.29. The van der Waals surface area contributed by atoms with Crippen LogP contribution in [0.3, 0.4) is 0 Å². The molecule has 0 unspecified atom stereocenters. The van der Waals surface area contributed by atoms with Crippen LogP contribution in [0.2, 0.25) is 0 Å². The minimum Gasteiger partial charge on any atom is -0.336 e. The molecule has 3 N–H and O–H groups in total. The number of aromatic nitrogens is 2. The van der Waals surface area contributed by atoms with E-state index in [0.29, 0.717) is 12.4 Å². The zero-order valence-electron chi connectivity index (χ0n) is 11.1. The monoisotopic (exact) mass is 258 g/mol. The second-order valence-electron chi connectivity index (χ2n) is 4.61. The predicted molar refractivity (Wildman–Crippen MR) is 76.5 cm³/mol. The molecule has 0 atom stereocenters. The molecule has 0 saturated heterocycles. The third kappa shape index (κ3) is 3.00. The highest BCUT2D eigenvalue weighted by Crippen LogP contribution is 2.13. The smallest absolute Gasteiger partial charge is 0.293 e. The Balaban J connectivity index is 2.28. The van der Waals surface area contributed by atoms with Gasteiger partial charge in [0.1, 0.15) is 0 Å². The Bertz CT molecular complexity index is 602. The van der Waals surface area contributed by atoms with E-state index in [1.807, 2.05) is 38.1 Å². The van der Waals surface area contributed by atoms with Crippen LogP contribution in [0.5, 0.6) is 0 Å². The highest BCUT2D eigenvalue weighted by atomic mass is 16.1. The maximum atomic E-state index is 12.2. The summed E-state index contributed by atoms with van der Waals surface area (Å²) in [7, 11) is 0. The number of nitrogens with one attached hydrogen (secondary N) is 1. The van der Waals surface area contributed by atoms with Crippen molar-refractivity contribution in [2.75, 3.05) is 5.32 Å². The fourth-order valence-corrected chi connectivity index (χ4v) is 1.78. The Labute approximate surface area is 112 Å². The van der Waals surface area contributed by atoms with Gasteiger partial charge in [-0.2, -0.15) is 0 Å². The SMILES string of the molecule is CC(C)n1ccnc(Nc2ccc(CN)cc2)c1=O. The number of nitrogens with two attached hydrogens (primary N) is 1. The summed E-state index contributed by atoms with van der Waals surface area (Å²) >= 11 is 0. The van der Waals surface area contributed by atoms with Crippen LogP contribution in [0.4, 0.5) is 11.5 Å². The minimum atomic E-state index is -0.125. The Morgan fingerprint density at radius 3 is 2.58 bits per heavy atom. The fraction of sp³-hybridized carbons (Fsp3) is 0.286. The lowest BCUT2D eigenvalue weighted by molar-refractivity contribution is 0.576. The molecule has 0 aliphatic rings. The highest BCUT2D eigenvalue weighted by molar-refractivity contribution is 5.55. The molecule has 0 amide bonds. The van der Waals surface area contributed by atoms with Gasteiger partial charge in [0, 0.05) is 30.7 Å². The molecule has 19 heavy (non-hydrogen) atoms. The second kappa shape index (κ2) is 5.67. The van der Waals surface area contributed by atoms with E-state index >= 15 is 0 Å². The zero-order chi connectivity index (χ0) is 13.8. The topological polar surface area (TPSA) is 72.9 Å². The van der Waals surface area contributed by atoms with Crippen molar-refractivity contribution in [2.24, 2.45) is 5.73 Å². The molecule has 0 fully saturated rings. The van der Waals surface area contributed by atoms with Crippen LogP contribution >= 0.6 is 0 Å². The molecule has 1 aromatic heterocycles. The van der Waals surface area contributed by atoms with Crippen LogP contribution in [-0.2, 0) is 6.54 Å². The van der Waals surface area contributed by atoms with Gasteiger partial charge in [0.25, 0.3) is 5.56 Å². The minimum absolute atomic E-state index is 0.107. The van der Waals surface area contributed by atoms with Crippen molar-refractivity contribution in [2.45, 2.75) is 26.4 Å². The van der Waals surface area contributed by atoms with Gasteiger partial charge in [-0.05, 0) is 31.5 Å². The van der Waals surface area contributed by atoms with E-state index in [4.69, 9.17) is 5.73 Å². The van der Waals surface area contributed by atoms with Crippen molar-refractivity contribution < 1.29 is 0 Å². The molecule has 0 radical (unpaired) electrons. The van der Waals surface area contributed by atoms with Crippen molar-refractivity contribution in [3.05, 3.63) is 52.6 Å². The molecule has 0 aliphatic heterocycles. The molecule has 5 heteroatoms. The maximum absolute atomic E-state index is 12.2. The first kappa shape index (κ1) is 13.3. The molecule has 0 saturated carbocycles. The van der Waals surface area contributed by atoms with E-state index in [1.165, 1.54) is 0 Å². The molecule has 100 valence electrons. The first-order valence-corrected chi connectivity index (χ1v) is 6.25. The van der Waals surface area contributed by atoms with Gasteiger partial charge in [-0.3, -0.25) is 4.79 Å². The quantitative estimate of drug-likeness (QED) is 0.880. The van der Waals surface area contributed by atoms with Crippen LogP contribution in [0.25, 0.3) is 0 Å². The number of anilines is 2. The highest BCUT2D eigenvalue weighted by Gasteiger charge is 2.07. The van der Waals surface area contributed by atoms with Gasteiger partial charge in [-0.1, -0.05) is 12.1 Å². The largest absolute Gasteiger partial charge is 0.336 e. The molecule has 1 aromatic carbocycles. The molecular formula is C14H18N4O. The molecule has 2 rings (SSSR count). The normalized spacial score (nSPS) is 10.7. The summed E-state index contributed by atoms with van der Waals surface area (Å²) in [6.45, 7) is 4.42. The van der Waals surface area contributed by atoms with E-state index in [-0.39, 0.29) is 11.6 Å². The summed E-state index contributed by atoms with van der Waals surface area (Å²) in [6, 6.07) is 7.72. The molecule has 2 aromatic rings. The summed E-state index contributed by atoms with van der Waals surface area (Å²) in [6.07, 6.45) is 3.31. The molecule has 0 bridgehead atoms. The summed E-state index contributed by atoms with van der Waals surface area (Å²) in [5.74, 6) is 0.330. The summed E-state index contributed by atoms with van der Waals surface area (Å²) < 4.78 is 1.64. The van der Waals surface area contributed by atoms with Crippen LogP contribution < -0.4 is 16.6 Å². The molecule has 1 heterocycles. The summed E-state index contributed by atoms with van der Waals surface area (Å²) in [5, 5.41) is 3.03.